The second-order valence-corrected chi connectivity index (χ2v) is 16.2. The van der Waals surface area contributed by atoms with Crippen molar-refractivity contribution < 1.29 is 0 Å². The van der Waals surface area contributed by atoms with Gasteiger partial charge in [-0.3, -0.25) is 0 Å². The third-order valence-corrected chi connectivity index (χ3v) is 12.4. The van der Waals surface area contributed by atoms with Crippen molar-refractivity contribution in [2.45, 2.75) is 19.3 Å². The van der Waals surface area contributed by atoms with Crippen molar-refractivity contribution in [3.8, 4) is 50.2 Å². The monoisotopic (exact) mass is 754 g/mol. The summed E-state index contributed by atoms with van der Waals surface area (Å²) in [5, 5.41) is 2.46. The quantitative estimate of drug-likeness (QED) is 0.157. The van der Waals surface area contributed by atoms with Gasteiger partial charge in [0.1, 0.15) is 0 Å². The Morgan fingerprint density at radius 1 is 0.356 bits per heavy atom. The number of aromatic nitrogens is 1. The van der Waals surface area contributed by atoms with Crippen LogP contribution >= 0.6 is 0 Å². The van der Waals surface area contributed by atoms with Crippen LogP contribution in [0.2, 0.25) is 0 Å². The van der Waals surface area contributed by atoms with Crippen LogP contribution in [0.5, 0.6) is 0 Å². The molecule has 10 aromatic rings. The van der Waals surface area contributed by atoms with Crippen LogP contribution in [-0.4, -0.2) is 4.57 Å². The minimum absolute atomic E-state index is 0.0484. The van der Waals surface area contributed by atoms with E-state index in [2.05, 4.69) is 242 Å². The smallest absolute Gasteiger partial charge is 0.0547 e. The SMILES string of the molecule is CC1(C)c2ccccc2-c2ccc(-c3ccc(N(c4ccc(-c5ccccc5)cc4)c4ccc5c(c4)c4c(-c6ccccc6)cccc4n5-c4ccccc4)cc3)cc21. The lowest BCUT2D eigenvalue weighted by Crippen LogP contribution is -2.14. The van der Waals surface area contributed by atoms with Crippen molar-refractivity contribution in [1.29, 1.82) is 0 Å². The van der Waals surface area contributed by atoms with E-state index in [9.17, 15) is 0 Å². The second-order valence-electron chi connectivity index (χ2n) is 16.2. The highest BCUT2D eigenvalue weighted by atomic mass is 15.1. The topological polar surface area (TPSA) is 8.17 Å². The minimum atomic E-state index is -0.0484. The normalized spacial score (nSPS) is 12.7. The maximum absolute atomic E-state index is 2.41. The lowest BCUT2D eigenvalue weighted by Gasteiger charge is -2.26. The molecule has 0 fully saturated rings. The van der Waals surface area contributed by atoms with Crippen LogP contribution in [0.1, 0.15) is 25.0 Å². The average Bonchev–Trinajstić information content (AvgIpc) is 3.75. The minimum Gasteiger partial charge on any atom is -0.310 e. The van der Waals surface area contributed by atoms with Gasteiger partial charge >= 0.3 is 0 Å². The van der Waals surface area contributed by atoms with Crippen LogP contribution in [0.25, 0.3) is 72.0 Å². The molecule has 0 aliphatic heterocycles. The van der Waals surface area contributed by atoms with Gasteiger partial charge in [-0.2, -0.15) is 0 Å². The third kappa shape index (κ3) is 5.79. The molecule has 0 radical (unpaired) electrons. The number of fused-ring (bicyclic) bond motifs is 6. The zero-order chi connectivity index (χ0) is 39.5. The Bertz CT molecular complexity index is 3140. The Morgan fingerprint density at radius 2 is 0.881 bits per heavy atom. The Morgan fingerprint density at radius 3 is 1.58 bits per heavy atom. The molecule has 1 aliphatic rings. The largest absolute Gasteiger partial charge is 0.310 e. The molecule has 0 spiro atoms. The van der Waals surface area contributed by atoms with Crippen LogP contribution in [0.3, 0.4) is 0 Å². The molecule has 11 rings (SSSR count). The van der Waals surface area contributed by atoms with E-state index in [-0.39, 0.29) is 5.41 Å². The first-order chi connectivity index (χ1) is 29.0. The van der Waals surface area contributed by atoms with Gasteiger partial charge in [-0.25, -0.2) is 0 Å². The van der Waals surface area contributed by atoms with Crippen molar-refractivity contribution >= 4 is 38.9 Å². The standard InChI is InChI=1S/C57H42N2/c1-57(2)52-23-13-12-21-49(52)50-35-29-43(37-53(50)57)41-27-32-46(33-28-41)58(45-30-25-40(26-31-45)39-15-6-3-7-16-39)47-34-36-54-51(38-47)56-48(42-17-8-4-9-18-42)22-14-24-55(56)59(54)44-19-10-5-11-20-44/h3-38H,1-2H3. The second kappa shape index (κ2) is 13.9. The van der Waals surface area contributed by atoms with Gasteiger partial charge in [0.2, 0.25) is 0 Å². The van der Waals surface area contributed by atoms with E-state index in [1.54, 1.807) is 0 Å². The zero-order valence-corrected chi connectivity index (χ0v) is 33.2. The summed E-state index contributed by atoms with van der Waals surface area (Å²) in [5.41, 5.74) is 19.5. The fourth-order valence-corrected chi connectivity index (χ4v) is 9.48. The number of rotatable bonds is 7. The fourth-order valence-electron chi connectivity index (χ4n) is 9.48. The highest BCUT2D eigenvalue weighted by molar-refractivity contribution is 6.16. The number of benzene rings is 9. The first kappa shape index (κ1) is 34.8. The first-order valence-electron chi connectivity index (χ1n) is 20.5. The van der Waals surface area contributed by atoms with Crippen molar-refractivity contribution in [2.75, 3.05) is 4.90 Å². The Labute approximate surface area is 345 Å². The highest BCUT2D eigenvalue weighted by Gasteiger charge is 2.35. The number of para-hydroxylation sites is 1. The number of hydrogen-bond donors (Lipinski definition) is 0. The molecule has 2 nitrogen and oxygen atoms in total. The zero-order valence-electron chi connectivity index (χ0n) is 33.2. The predicted octanol–water partition coefficient (Wildman–Crippen LogP) is 15.6. The molecule has 59 heavy (non-hydrogen) atoms. The van der Waals surface area contributed by atoms with Gasteiger partial charge < -0.3 is 9.47 Å². The van der Waals surface area contributed by atoms with Crippen LogP contribution < -0.4 is 4.90 Å². The lowest BCUT2D eigenvalue weighted by atomic mass is 9.81. The van der Waals surface area contributed by atoms with Gasteiger partial charge in [-0.05, 0) is 122 Å². The van der Waals surface area contributed by atoms with Gasteiger partial charge in [0.05, 0.1) is 11.0 Å². The summed E-state index contributed by atoms with van der Waals surface area (Å²) in [6.07, 6.45) is 0. The fraction of sp³-hybridized carbons (Fsp3) is 0.0526. The van der Waals surface area contributed by atoms with Gasteiger partial charge in [-0.1, -0.05) is 166 Å². The maximum atomic E-state index is 2.41. The Balaban J connectivity index is 1.07. The summed E-state index contributed by atoms with van der Waals surface area (Å²) in [5.74, 6) is 0. The molecule has 0 saturated heterocycles. The van der Waals surface area contributed by atoms with E-state index < -0.39 is 0 Å². The van der Waals surface area contributed by atoms with Crippen molar-refractivity contribution in [1.82, 2.24) is 4.57 Å². The van der Waals surface area contributed by atoms with Gasteiger partial charge in [0.25, 0.3) is 0 Å². The maximum Gasteiger partial charge on any atom is 0.0547 e. The highest BCUT2D eigenvalue weighted by Crippen LogP contribution is 2.50. The van der Waals surface area contributed by atoms with E-state index in [0.29, 0.717) is 0 Å². The van der Waals surface area contributed by atoms with Crippen LogP contribution in [0.15, 0.2) is 218 Å². The van der Waals surface area contributed by atoms with Crippen molar-refractivity contribution in [2.24, 2.45) is 0 Å². The molecule has 0 amide bonds. The number of nitrogens with zero attached hydrogens (tertiary/aromatic N) is 2. The van der Waals surface area contributed by atoms with E-state index in [1.807, 2.05) is 0 Å². The van der Waals surface area contributed by atoms with E-state index in [4.69, 9.17) is 0 Å². The van der Waals surface area contributed by atoms with Crippen molar-refractivity contribution in [3.63, 3.8) is 0 Å². The van der Waals surface area contributed by atoms with Gasteiger partial charge in [0, 0.05) is 38.9 Å². The molecule has 0 N–H and O–H groups in total. The van der Waals surface area contributed by atoms with E-state index in [0.717, 1.165) is 22.7 Å². The summed E-state index contributed by atoms with van der Waals surface area (Å²) >= 11 is 0. The van der Waals surface area contributed by atoms with Crippen LogP contribution in [0.4, 0.5) is 17.1 Å². The van der Waals surface area contributed by atoms with Crippen LogP contribution in [0, 0.1) is 0 Å². The summed E-state index contributed by atoms with van der Waals surface area (Å²) in [7, 11) is 0. The molecule has 1 aliphatic carbocycles. The molecule has 1 aromatic heterocycles. The Hall–Kier alpha value is -7.42. The molecule has 0 bridgehead atoms. The lowest BCUT2D eigenvalue weighted by molar-refractivity contribution is 0.660. The molecule has 0 unspecified atom stereocenters. The third-order valence-electron chi connectivity index (χ3n) is 12.4. The van der Waals surface area contributed by atoms with Gasteiger partial charge in [-0.15, -0.1) is 0 Å². The number of anilines is 3. The molecule has 0 saturated carbocycles. The molecule has 9 aromatic carbocycles. The van der Waals surface area contributed by atoms with E-state index >= 15 is 0 Å². The average molecular weight is 755 g/mol. The predicted molar refractivity (Wildman–Crippen MR) is 249 cm³/mol. The van der Waals surface area contributed by atoms with E-state index in [1.165, 1.54) is 77.4 Å². The molecule has 2 heteroatoms. The first-order valence-corrected chi connectivity index (χ1v) is 20.5. The van der Waals surface area contributed by atoms with Crippen LogP contribution in [-0.2, 0) is 5.41 Å². The summed E-state index contributed by atoms with van der Waals surface area (Å²) in [4.78, 5) is 2.40. The Kier molecular flexibility index (Phi) is 8.20. The molecule has 1 heterocycles. The molecule has 280 valence electrons. The molecular weight excluding hydrogens is 713 g/mol. The van der Waals surface area contributed by atoms with Gasteiger partial charge in [0.15, 0.2) is 0 Å². The summed E-state index contributed by atoms with van der Waals surface area (Å²) < 4.78 is 2.41. The molecular formula is C57H42N2. The van der Waals surface area contributed by atoms with Crippen molar-refractivity contribution in [3.05, 3.63) is 230 Å². The summed E-state index contributed by atoms with van der Waals surface area (Å²) in [6, 6.07) is 79.8. The number of hydrogen-bond acceptors (Lipinski definition) is 1. The molecule has 0 atom stereocenters. The summed E-state index contributed by atoms with van der Waals surface area (Å²) in [6.45, 7) is 4.70.